The van der Waals surface area contributed by atoms with Crippen LogP contribution in [0.2, 0.25) is 0 Å². The van der Waals surface area contributed by atoms with Crippen molar-refractivity contribution < 1.29 is 21.9 Å². The third-order valence-electron chi connectivity index (χ3n) is 6.00. The molecule has 0 radical (unpaired) electrons. The minimum atomic E-state index is -3.61. The zero-order chi connectivity index (χ0) is 23.4. The fraction of sp³-hybridized carbons (Fsp3) is 0.375. The van der Waals surface area contributed by atoms with Gasteiger partial charge in [0.15, 0.2) is 0 Å². The van der Waals surface area contributed by atoms with E-state index in [-0.39, 0.29) is 5.75 Å². The molecule has 0 amide bonds. The van der Waals surface area contributed by atoms with Crippen LogP contribution in [-0.4, -0.2) is 50.4 Å². The van der Waals surface area contributed by atoms with Crippen LogP contribution in [0.5, 0.6) is 5.75 Å². The second-order valence-corrected chi connectivity index (χ2v) is 10.2. The molecule has 0 saturated carbocycles. The van der Waals surface area contributed by atoms with Crippen LogP contribution in [0.4, 0.5) is 8.78 Å². The first-order valence-electron chi connectivity index (χ1n) is 10.8. The minimum Gasteiger partial charge on any atom is -0.435 e. The van der Waals surface area contributed by atoms with Gasteiger partial charge < -0.3 is 4.74 Å². The normalized spacial score (nSPS) is 17.7. The number of ether oxygens (including phenoxy) is 1. The second kappa shape index (κ2) is 10.00. The summed E-state index contributed by atoms with van der Waals surface area (Å²) in [6.07, 6.45) is 3.17. The SMILES string of the molecule is N#Cc1ccc(CN2CCCN(S(=O)(=O)C3=Cc4ccc(OC(F)F)cc4CC3)CC2)cc1. The highest BCUT2D eigenvalue weighted by Gasteiger charge is 2.30. The van der Waals surface area contributed by atoms with Crippen molar-refractivity contribution in [2.75, 3.05) is 26.2 Å². The van der Waals surface area contributed by atoms with E-state index in [9.17, 15) is 17.2 Å². The number of hydrogen-bond acceptors (Lipinski definition) is 5. The third kappa shape index (κ3) is 5.58. The molecule has 2 aromatic rings. The summed E-state index contributed by atoms with van der Waals surface area (Å²) < 4.78 is 57.6. The van der Waals surface area contributed by atoms with Crippen LogP contribution in [0.1, 0.15) is 35.1 Å². The highest BCUT2D eigenvalue weighted by molar-refractivity contribution is 7.93. The van der Waals surface area contributed by atoms with Gasteiger partial charge in [-0.15, -0.1) is 0 Å². The number of halogens is 2. The largest absolute Gasteiger partial charge is 0.435 e. The molecule has 0 unspecified atom stereocenters. The van der Waals surface area contributed by atoms with Gasteiger partial charge in [0.1, 0.15) is 5.75 Å². The molecule has 0 atom stereocenters. The van der Waals surface area contributed by atoms with Crippen molar-refractivity contribution in [3.05, 3.63) is 69.6 Å². The molecule has 0 aromatic heterocycles. The zero-order valence-electron chi connectivity index (χ0n) is 18.1. The third-order valence-corrected chi connectivity index (χ3v) is 8.03. The molecule has 33 heavy (non-hydrogen) atoms. The smallest absolute Gasteiger partial charge is 0.387 e. The number of aryl methyl sites for hydroxylation is 1. The maximum atomic E-state index is 13.3. The van der Waals surface area contributed by atoms with Crippen molar-refractivity contribution >= 4 is 16.1 Å². The average Bonchev–Trinajstić information content (AvgIpc) is 3.05. The van der Waals surface area contributed by atoms with Gasteiger partial charge in [-0.25, -0.2) is 8.42 Å². The molecule has 9 heteroatoms. The molecule has 174 valence electrons. The molecule has 1 aliphatic heterocycles. The summed E-state index contributed by atoms with van der Waals surface area (Å²) in [6, 6.07) is 14.2. The van der Waals surface area contributed by atoms with E-state index in [0.29, 0.717) is 49.5 Å². The Labute approximate surface area is 192 Å². The fourth-order valence-electron chi connectivity index (χ4n) is 4.28. The second-order valence-electron chi connectivity index (χ2n) is 8.19. The predicted octanol–water partition coefficient (Wildman–Crippen LogP) is 3.98. The number of sulfonamides is 1. The number of hydrogen-bond donors (Lipinski definition) is 0. The highest BCUT2D eigenvalue weighted by atomic mass is 32.2. The van der Waals surface area contributed by atoms with Crippen LogP contribution in [0.25, 0.3) is 6.08 Å². The summed E-state index contributed by atoms with van der Waals surface area (Å²) in [5.74, 6) is 0.0818. The Balaban J connectivity index is 1.43. The van der Waals surface area contributed by atoms with Gasteiger partial charge in [0.25, 0.3) is 0 Å². The molecule has 1 saturated heterocycles. The van der Waals surface area contributed by atoms with Crippen molar-refractivity contribution in [3.8, 4) is 11.8 Å². The van der Waals surface area contributed by atoms with Gasteiger partial charge in [-0.3, -0.25) is 4.90 Å². The van der Waals surface area contributed by atoms with E-state index in [2.05, 4.69) is 15.7 Å². The van der Waals surface area contributed by atoms with E-state index in [1.54, 1.807) is 34.6 Å². The Morgan fingerprint density at radius 1 is 1.03 bits per heavy atom. The highest BCUT2D eigenvalue weighted by Crippen LogP contribution is 2.32. The van der Waals surface area contributed by atoms with Gasteiger partial charge in [0.2, 0.25) is 10.0 Å². The van der Waals surface area contributed by atoms with Crippen molar-refractivity contribution in [2.24, 2.45) is 0 Å². The van der Waals surface area contributed by atoms with Crippen molar-refractivity contribution in [3.63, 3.8) is 0 Å². The van der Waals surface area contributed by atoms with Crippen molar-refractivity contribution in [1.29, 1.82) is 5.26 Å². The zero-order valence-corrected chi connectivity index (χ0v) is 18.9. The Morgan fingerprint density at radius 3 is 2.55 bits per heavy atom. The van der Waals surface area contributed by atoms with Crippen LogP contribution >= 0.6 is 0 Å². The Kier molecular flexibility index (Phi) is 7.08. The lowest BCUT2D eigenvalue weighted by atomic mass is 9.97. The molecule has 0 N–H and O–H groups in total. The fourth-order valence-corrected chi connectivity index (χ4v) is 5.94. The van der Waals surface area contributed by atoms with E-state index >= 15 is 0 Å². The van der Waals surface area contributed by atoms with E-state index in [4.69, 9.17) is 5.26 Å². The molecular formula is C24H25F2N3O3S. The summed E-state index contributed by atoms with van der Waals surface area (Å²) >= 11 is 0. The van der Waals surface area contributed by atoms with Crippen LogP contribution in [0, 0.1) is 11.3 Å². The van der Waals surface area contributed by atoms with Gasteiger partial charge >= 0.3 is 6.61 Å². The van der Waals surface area contributed by atoms with Crippen LogP contribution < -0.4 is 4.74 Å². The lowest BCUT2D eigenvalue weighted by Gasteiger charge is -2.25. The molecular weight excluding hydrogens is 448 g/mol. The number of nitrogens with zero attached hydrogens (tertiary/aromatic N) is 3. The Hall–Kier alpha value is -2.80. The van der Waals surface area contributed by atoms with E-state index in [1.807, 2.05) is 12.1 Å². The Bertz CT molecular complexity index is 1170. The van der Waals surface area contributed by atoms with E-state index in [1.165, 1.54) is 6.07 Å². The predicted molar refractivity (Wildman–Crippen MR) is 121 cm³/mol. The minimum absolute atomic E-state index is 0.0818. The molecule has 1 aliphatic carbocycles. The molecule has 2 aromatic carbocycles. The van der Waals surface area contributed by atoms with Gasteiger partial charge in [0, 0.05) is 26.2 Å². The van der Waals surface area contributed by atoms with Gasteiger partial charge in [-0.2, -0.15) is 18.3 Å². The van der Waals surface area contributed by atoms with Crippen molar-refractivity contribution in [1.82, 2.24) is 9.21 Å². The number of nitriles is 1. The maximum absolute atomic E-state index is 13.3. The summed E-state index contributed by atoms with van der Waals surface area (Å²) in [7, 11) is -3.61. The number of allylic oxidation sites excluding steroid dienone is 1. The summed E-state index contributed by atoms with van der Waals surface area (Å²) in [6.45, 7) is 0.0935. The number of benzene rings is 2. The average molecular weight is 474 g/mol. The molecule has 2 aliphatic rings. The van der Waals surface area contributed by atoms with E-state index < -0.39 is 16.6 Å². The maximum Gasteiger partial charge on any atom is 0.387 e. The van der Waals surface area contributed by atoms with E-state index in [0.717, 1.165) is 29.7 Å². The first-order chi connectivity index (χ1) is 15.8. The lowest BCUT2D eigenvalue weighted by Crippen LogP contribution is -2.36. The quantitative estimate of drug-likeness (QED) is 0.635. The summed E-state index contributed by atoms with van der Waals surface area (Å²) in [5, 5.41) is 8.94. The number of alkyl halides is 2. The van der Waals surface area contributed by atoms with Crippen molar-refractivity contribution in [2.45, 2.75) is 32.4 Å². The van der Waals surface area contributed by atoms with Crippen LogP contribution in [-0.2, 0) is 23.0 Å². The standard InChI is InChI=1S/C24H25F2N3O3S/c25-24(26)32-22-8-6-21-15-23(9-7-20(21)14-22)33(30,31)29-11-1-10-28(12-13-29)17-19-4-2-18(16-27)3-5-19/h2-6,8,14-15,24H,1,7,9-13,17H2. The topological polar surface area (TPSA) is 73.6 Å². The summed E-state index contributed by atoms with van der Waals surface area (Å²) in [5.41, 5.74) is 3.23. The number of rotatable bonds is 6. The van der Waals surface area contributed by atoms with Gasteiger partial charge in [-0.1, -0.05) is 18.2 Å². The first-order valence-corrected chi connectivity index (χ1v) is 12.3. The van der Waals surface area contributed by atoms with Gasteiger partial charge in [0.05, 0.1) is 16.5 Å². The van der Waals surface area contributed by atoms with Crippen LogP contribution in [0.15, 0.2) is 47.4 Å². The monoisotopic (exact) mass is 473 g/mol. The van der Waals surface area contributed by atoms with Crippen LogP contribution in [0.3, 0.4) is 0 Å². The molecule has 1 heterocycles. The molecule has 6 nitrogen and oxygen atoms in total. The first kappa shape index (κ1) is 23.4. The molecule has 1 fully saturated rings. The lowest BCUT2D eigenvalue weighted by molar-refractivity contribution is -0.0498. The Morgan fingerprint density at radius 2 is 1.82 bits per heavy atom. The molecule has 0 spiro atoms. The van der Waals surface area contributed by atoms with Gasteiger partial charge in [-0.05, 0) is 72.8 Å². The molecule has 0 bridgehead atoms. The number of fused-ring (bicyclic) bond motifs is 1. The molecule has 4 rings (SSSR count). The summed E-state index contributed by atoms with van der Waals surface area (Å²) in [4.78, 5) is 2.59.